The van der Waals surface area contributed by atoms with Gasteiger partial charge in [0.15, 0.2) is 6.33 Å². The van der Waals surface area contributed by atoms with E-state index >= 15 is 0 Å². The second-order valence-corrected chi connectivity index (χ2v) is 0.399. The number of rotatable bonds is 0. The van der Waals surface area contributed by atoms with Crippen molar-refractivity contribution in [1.29, 1.82) is 0 Å². The van der Waals surface area contributed by atoms with Gasteiger partial charge >= 0.3 is 19.5 Å². The van der Waals surface area contributed by atoms with Crippen LogP contribution < -0.4 is 17.0 Å². The van der Waals surface area contributed by atoms with Gasteiger partial charge in [-0.25, -0.2) is 4.39 Å². The average Bonchev–Trinajstić information content (AvgIpc) is 1.38. The topological polar surface area (TPSA) is 0 Å². The quantitative estimate of drug-likeness (QED) is 0.451. The predicted octanol–water partition coefficient (Wildman–Crippen LogP) is -1.30. The normalized spacial score (nSPS) is 5.00. The first-order valence-corrected chi connectivity index (χ1v) is 0.885. The molecule has 0 aromatic heterocycles. The van der Waals surface area contributed by atoms with Crippen molar-refractivity contribution < 1.29 is 49.6 Å². The van der Waals surface area contributed by atoms with E-state index in [4.69, 9.17) is 0 Å². The maximum atomic E-state index is 10.2. The van der Waals surface area contributed by atoms with Crippen molar-refractivity contribution in [2.45, 2.75) is 0 Å². The minimum absolute atomic E-state index is 0. The van der Waals surface area contributed by atoms with Crippen LogP contribution in [0.4, 0.5) is 13.2 Å². The first-order chi connectivity index (χ1) is 2.27. The third-order valence-corrected chi connectivity index (χ3v) is 0.0825. The Bertz CT molecular complexity index is 50.9. The van der Waals surface area contributed by atoms with Gasteiger partial charge in [-0.15, -0.1) is 0 Å². The molecule has 7 heavy (non-hydrogen) atoms. The maximum Gasteiger partial charge on any atom is 2.00 e. The van der Waals surface area contributed by atoms with Crippen LogP contribution in [0.2, 0.25) is 0 Å². The summed E-state index contributed by atoms with van der Waals surface area (Å²) < 4.78 is 30.7. The van der Waals surface area contributed by atoms with Gasteiger partial charge in [-0.3, -0.25) is 0 Å². The summed E-state index contributed by atoms with van der Waals surface area (Å²) in [5.74, 6) is 0. The van der Waals surface area contributed by atoms with Gasteiger partial charge in [-0.05, 0) is 0 Å². The SMILES string of the molecule is FC=C(F)F.[Br-].[Zn+2]. The van der Waals surface area contributed by atoms with Gasteiger partial charge in [0.25, 0.3) is 6.08 Å². The molecule has 0 radical (unpaired) electrons. The summed E-state index contributed by atoms with van der Waals surface area (Å²) in [4.78, 5) is 0. The number of hydrogen-bond donors (Lipinski definition) is 0. The third kappa shape index (κ3) is 20.5. The zero-order valence-corrected chi connectivity index (χ0v) is 7.85. The fraction of sp³-hybridized carbons (Fsp3) is 0. The Labute approximate surface area is 62.3 Å². The van der Waals surface area contributed by atoms with E-state index in [9.17, 15) is 13.2 Å². The molecule has 0 aliphatic rings. The van der Waals surface area contributed by atoms with Crippen molar-refractivity contribution in [3.05, 3.63) is 12.4 Å². The molecular weight excluding hydrogens is 226 g/mol. The predicted molar refractivity (Wildman–Crippen MR) is 11.4 cm³/mol. The van der Waals surface area contributed by atoms with E-state index in [2.05, 4.69) is 0 Å². The molecule has 0 bridgehead atoms. The summed E-state index contributed by atoms with van der Waals surface area (Å²) in [6.45, 7) is 0. The van der Waals surface area contributed by atoms with E-state index in [1.807, 2.05) is 0 Å². The van der Waals surface area contributed by atoms with E-state index < -0.39 is 12.4 Å². The molecule has 0 amide bonds. The van der Waals surface area contributed by atoms with Crippen LogP contribution in [-0.4, -0.2) is 0 Å². The number of hydrogen-bond acceptors (Lipinski definition) is 0. The van der Waals surface area contributed by atoms with Gasteiger partial charge in [0, 0.05) is 0 Å². The fourth-order valence-electron chi connectivity index (χ4n) is 0. The molecule has 38 valence electrons. The van der Waals surface area contributed by atoms with Gasteiger partial charge in [-0.2, -0.15) is 8.78 Å². The summed E-state index contributed by atoms with van der Waals surface area (Å²) in [5, 5.41) is 0. The van der Waals surface area contributed by atoms with Crippen molar-refractivity contribution >= 4 is 0 Å². The minimum atomic E-state index is -2.29. The molecule has 0 rings (SSSR count). The molecule has 5 heteroatoms. The van der Waals surface area contributed by atoms with Crippen LogP contribution in [0.3, 0.4) is 0 Å². The molecule has 0 saturated heterocycles. The molecule has 0 aromatic rings. The van der Waals surface area contributed by atoms with Gasteiger partial charge < -0.3 is 17.0 Å². The Hall–Kier alpha value is 0.633. The molecule has 0 aliphatic carbocycles. The molecule has 0 aliphatic heterocycles. The van der Waals surface area contributed by atoms with E-state index in [1.54, 1.807) is 0 Å². The Morgan fingerprint density at radius 3 is 1.43 bits per heavy atom. The molecule has 0 N–H and O–H groups in total. The molecule has 0 atom stereocenters. The first kappa shape index (κ1) is 15.6. The standard InChI is InChI=1S/C2HF3.BrH.Zn/c3-1-2(4)5;;/h1H;1H;/q;;+2/p-1. The smallest absolute Gasteiger partial charge is 1.00 e. The minimum Gasteiger partial charge on any atom is -1.00 e. The summed E-state index contributed by atoms with van der Waals surface area (Å²) in [6, 6.07) is 0. The van der Waals surface area contributed by atoms with Crippen LogP contribution in [0.15, 0.2) is 12.4 Å². The molecule has 0 fully saturated rings. The zero-order valence-electron chi connectivity index (χ0n) is 3.30. The van der Waals surface area contributed by atoms with E-state index in [0.717, 1.165) is 0 Å². The van der Waals surface area contributed by atoms with Gasteiger partial charge in [0.05, 0.1) is 0 Å². The van der Waals surface area contributed by atoms with Gasteiger partial charge in [-0.1, -0.05) is 0 Å². The van der Waals surface area contributed by atoms with Crippen molar-refractivity contribution in [2.75, 3.05) is 0 Å². The molecule has 0 saturated carbocycles. The monoisotopic (exact) mass is 225 g/mol. The average molecular weight is 227 g/mol. The second kappa shape index (κ2) is 9.81. The summed E-state index contributed by atoms with van der Waals surface area (Å²) in [7, 11) is 0. The zero-order chi connectivity index (χ0) is 4.28. The van der Waals surface area contributed by atoms with E-state index in [1.165, 1.54) is 0 Å². The van der Waals surface area contributed by atoms with Crippen molar-refractivity contribution in [2.24, 2.45) is 0 Å². The Balaban J connectivity index is -0.0000000800. The second-order valence-electron chi connectivity index (χ2n) is 0.399. The van der Waals surface area contributed by atoms with Crippen molar-refractivity contribution in [3.8, 4) is 0 Å². The molecule has 0 nitrogen and oxygen atoms in total. The Morgan fingerprint density at radius 2 is 1.43 bits per heavy atom. The third-order valence-electron chi connectivity index (χ3n) is 0.0825. The molecule has 0 unspecified atom stereocenters. The van der Waals surface area contributed by atoms with Crippen LogP contribution >= 0.6 is 0 Å². The summed E-state index contributed by atoms with van der Waals surface area (Å²) in [6.07, 6.45) is -3.04. The van der Waals surface area contributed by atoms with Crippen molar-refractivity contribution in [3.63, 3.8) is 0 Å². The number of halogens is 4. The maximum absolute atomic E-state index is 10.2. The van der Waals surface area contributed by atoms with Crippen LogP contribution in [0.5, 0.6) is 0 Å². The van der Waals surface area contributed by atoms with Crippen LogP contribution in [0.25, 0.3) is 0 Å². The molecule has 0 aromatic carbocycles. The molecule has 0 heterocycles. The summed E-state index contributed by atoms with van der Waals surface area (Å²) in [5.41, 5.74) is 0. The van der Waals surface area contributed by atoms with Crippen LogP contribution in [0.1, 0.15) is 0 Å². The summed E-state index contributed by atoms with van der Waals surface area (Å²) >= 11 is 0. The van der Waals surface area contributed by atoms with Gasteiger partial charge in [0.2, 0.25) is 0 Å². The molecular formula is C2HBrF3Zn+. The molecule has 0 spiro atoms. The Morgan fingerprint density at radius 1 is 1.29 bits per heavy atom. The Kier molecular flexibility index (Phi) is 21.9. The van der Waals surface area contributed by atoms with Crippen LogP contribution in [0, 0.1) is 0 Å². The van der Waals surface area contributed by atoms with E-state index in [-0.39, 0.29) is 36.5 Å². The first-order valence-electron chi connectivity index (χ1n) is 0.885. The van der Waals surface area contributed by atoms with E-state index in [0.29, 0.717) is 0 Å². The van der Waals surface area contributed by atoms with Crippen LogP contribution in [-0.2, 0) is 19.5 Å². The van der Waals surface area contributed by atoms with Gasteiger partial charge in [0.1, 0.15) is 0 Å². The fourth-order valence-corrected chi connectivity index (χ4v) is 0. The largest absolute Gasteiger partial charge is 2.00 e. The van der Waals surface area contributed by atoms with Crippen molar-refractivity contribution in [1.82, 2.24) is 0 Å².